The summed E-state index contributed by atoms with van der Waals surface area (Å²) >= 11 is 1.70. The molecule has 2 amide bonds. The number of nitrogens with one attached hydrogen (secondary N) is 1. The van der Waals surface area contributed by atoms with Crippen molar-refractivity contribution >= 4 is 23.2 Å². The van der Waals surface area contributed by atoms with Gasteiger partial charge in [0.15, 0.2) is 0 Å². The fourth-order valence-corrected chi connectivity index (χ4v) is 4.35. The van der Waals surface area contributed by atoms with Crippen molar-refractivity contribution in [1.29, 1.82) is 0 Å². The van der Waals surface area contributed by atoms with Gasteiger partial charge in [-0.05, 0) is 45.4 Å². The number of hydrogen-bond donors (Lipinski definition) is 1. The van der Waals surface area contributed by atoms with Gasteiger partial charge in [0.2, 0.25) is 11.8 Å². The number of rotatable bonds is 5. The van der Waals surface area contributed by atoms with Crippen LogP contribution < -0.4 is 5.32 Å². The van der Waals surface area contributed by atoms with Gasteiger partial charge in [-0.25, -0.2) is 4.98 Å². The van der Waals surface area contributed by atoms with Crippen LogP contribution in [-0.4, -0.2) is 34.3 Å². The van der Waals surface area contributed by atoms with E-state index >= 15 is 0 Å². The van der Waals surface area contributed by atoms with E-state index in [4.69, 9.17) is 0 Å². The van der Waals surface area contributed by atoms with Crippen LogP contribution in [0.1, 0.15) is 68.1 Å². The summed E-state index contributed by atoms with van der Waals surface area (Å²) in [6, 6.07) is -0.378. The predicted molar refractivity (Wildman–Crippen MR) is 88.1 cm³/mol. The number of nitrogens with zero attached hydrogens (tertiary/aromatic N) is 2. The Morgan fingerprint density at radius 1 is 1.30 bits per heavy atom. The Kier molecular flexibility index (Phi) is 3.87. The molecule has 0 spiro atoms. The molecule has 23 heavy (non-hydrogen) atoms. The van der Waals surface area contributed by atoms with Crippen molar-refractivity contribution in [3.05, 3.63) is 16.1 Å². The lowest BCUT2D eigenvalue weighted by molar-refractivity contribution is -0.139. The monoisotopic (exact) mass is 333 g/mol. The Hall–Kier alpha value is -1.43. The van der Waals surface area contributed by atoms with E-state index in [2.05, 4.69) is 15.7 Å². The van der Waals surface area contributed by atoms with Gasteiger partial charge in [0.05, 0.1) is 16.7 Å². The lowest BCUT2D eigenvalue weighted by atomic mass is 10.1. The lowest BCUT2D eigenvalue weighted by Crippen LogP contribution is -2.47. The molecule has 2 atom stereocenters. The molecule has 1 aromatic rings. The van der Waals surface area contributed by atoms with Gasteiger partial charge in [-0.3, -0.25) is 9.59 Å². The van der Waals surface area contributed by atoms with Crippen LogP contribution in [0.4, 0.5) is 0 Å². The molecule has 3 fully saturated rings. The summed E-state index contributed by atoms with van der Waals surface area (Å²) in [4.78, 5) is 31.4. The Balaban J connectivity index is 1.38. The third kappa shape index (κ3) is 3.13. The van der Waals surface area contributed by atoms with Gasteiger partial charge in [0.25, 0.3) is 0 Å². The first-order valence-corrected chi connectivity index (χ1v) is 9.57. The molecule has 124 valence electrons. The molecule has 6 heteroatoms. The molecule has 0 radical (unpaired) electrons. The lowest BCUT2D eigenvalue weighted by Gasteiger charge is -2.25. The number of amides is 2. The number of aromatic nitrogens is 1. The van der Waals surface area contributed by atoms with Gasteiger partial charge in [-0.2, -0.15) is 0 Å². The molecule has 5 nitrogen and oxygen atoms in total. The fraction of sp³-hybridized carbons (Fsp3) is 0.706. The molecule has 2 heterocycles. The quantitative estimate of drug-likeness (QED) is 0.901. The van der Waals surface area contributed by atoms with Crippen LogP contribution in [0.5, 0.6) is 0 Å². The van der Waals surface area contributed by atoms with Crippen LogP contribution in [0, 0.1) is 5.92 Å². The Morgan fingerprint density at radius 3 is 2.78 bits per heavy atom. The maximum absolute atomic E-state index is 12.6. The average Bonchev–Trinajstić information content (AvgIpc) is 3.46. The zero-order valence-corrected chi connectivity index (χ0v) is 14.3. The first-order valence-electron chi connectivity index (χ1n) is 8.69. The Morgan fingerprint density at radius 2 is 2.09 bits per heavy atom. The SMILES string of the molecule is C[C@@H](NC(=O)[C@H]1CCCN1C(=O)C1CC1)c1csc(C2CC2)n1. The summed E-state index contributed by atoms with van der Waals surface area (Å²) in [6.45, 7) is 2.70. The first-order chi connectivity index (χ1) is 11.1. The van der Waals surface area contributed by atoms with Crippen LogP contribution >= 0.6 is 11.3 Å². The second kappa shape index (κ2) is 5.89. The summed E-state index contributed by atoms with van der Waals surface area (Å²) in [7, 11) is 0. The molecule has 1 N–H and O–H groups in total. The molecular weight excluding hydrogens is 310 g/mol. The highest BCUT2D eigenvalue weighted by Crippen LogP contribution is 2.41. The summed E-state index contributed by atoms with van der Waals surface area (Å²) < 4.78 is 0. The van der Waals surface area contributed by atoms with Crippen molar-refractivity contribution in [2.24, 2.45) is 5.92 Å². The molecule has 3 aliphatic rings. The molecule has 0 bridgehead atoms. The maximum Gasteiger partial charge on any atom is 0.243 e. The molecular formula is C17H23N3O2S. The van der Waals surface area contributed by atoms with Crippen molar-refractivity contribution in [3.8, 4) is 0 Å². The van der Waals surface area contributed by atoms with E-state index in [9.17, 15) is 9.59 Å². The summed E-state index contributed by atoms with van der Waals surface area (Å²) in [5.41, 5.74) is 0.948. The summed E-state index contributed by atoms with van der Waals surface area (Å²) in [5.74, 6) is 0.989. The molecule has 1 saturated heterocycles. The van der Waals surface area contributed by atoms with E-state index in [0.29, 0.717) is 5.92 Å². The minimum Gasteiger partial charge on any atom is -0.346 e. The molecule has 1 aliphatic heterocycles. The van der Waals surface area contributed by atoms with Crippen molar-refractivity contribution in [1.82, 2.24) is 15.2 Å². The number of likely N-dealkylation sites (tertiary alicyclic amines) is 1. The van der Waals surface area contributed by atoms with Crippen molar-refractivity contribution in [2.45, 2.75) is 63.5 Å². The third-order valence-electron chi connectivity index (χ3n) is 5.03. The molecule has 0 unspecified atom stereocenters. The third-order valence-corrected chi connectivity index (χ3v) is 6.06. The molecule has 0 aromatic carbocycles. The van der Waals surface area contributed by atoms with Gasteiger partial charge in [0, 0.05) is 23.8 Å². The van der Waals surface area contributed by atoms with Crippen LogP contribution in [-0.2, 0) is 9.59 Å². The largest absolute Gasteiger partial charge is 0.346 e. The van der Waals surface area contributed by atoms with Gasteiger partial charge in [-0.1, -0.05) is 0 Å². The topological polar surface area (TPSA) is 62.3 Å². The fourth-order valence-electron chi connectivity index (χ4n) is 3.27. The highest BCUT2D eigenvalue weighted by molar-refractivity contribution is 7.09. The summed E-state index contributed by atoms with van der Waals surface area (Å²) in [5, 5.41) is 6.32. The second-order valence-corrected chi connectivity index (χ2v) is 7.97. The number of carbonyl (C=O) groups is 2. The van der Waals surface area contributed by atoms with Crippen LogP contribution in [0.15, 0.2) is 5.38 Å². The minimum absolute atomic E-state index is 0.0232. The van der Waals surface area contributed by atoms with E-state index in [-0.39, 0.29) is 29.8 Å². The van der Waals surface area contributed by atoms with E-state index in [1.807, 2.05) is 6.92 Å². The van der Waals surface area contributed by atoms with Gasteiger partial charge in [0.1, 0.15) is 6.04 Å². The molecule has 4 rings (SSSR count). The van der Waals surface area contributed by atoms with Crippen LogP contribution in [0.2, 0.25) is 0 Å². The van der Waals surface area contributed by atoms with Crippen molar-refractivity contribution in [2.75, 3.05) is 6.54 Å². The average molecular weight is 333 g/mol. The van der Waals surface area contributed by atoms with Crippen molar-refractivity contribution < 1.29 is 9.59 Å². The standard InChI is InChI=1S/C17H23N3O2S/c1-10(13-9-23-16(19-13)11-4-5-11)18-15(21)14-3-2-8-20(14)17(22)12-6-7-12/h9-12,14H,2-8H2,1H3,(H,18,21)/t10-,14-/m1/s1. The zero-order valence-electron chi connectivity index (χ0n) is 13.5. The highest BCUT2D eigenvalue weighted by Gasteiger charge is 2.41. The second-order valence-electron chi connectivity index (χ2n) is 7.08. The minimum atomic E-state index is -0.285. The van der Waals surface area contributed by atoms with Gasteiger partial charge < -0.3 is 10.2 Å². The molecule has 2 aliphatic carbocycles. The Bertz CT molecular complexity index is 621. The number of hydrogen-bond acceptors (Lipinski definition) is 4. The van der Waals surface area contributed by atoms with Gasteiger partial charge >= 0.3 is 0 Å². The van der Waals surface area contributed by atoms with E-state index < -0.39 is 0 Å². The summed E-state index contributed by atoms with van der Waals surface area (Å²) in [6.07, 6.45) is 6.17. The zero-order chi connectivity index (χ0) is 16.0. The maximum atomic E-state index is 12.6. The van der Waals surface area contributed by atoms with E-state index in [1.165, 1.54) is 17.8 Å². The highest BCUT2D eigenvalue weighted by atomic mass is 32.1. The van der Waals surface area contributed by atoms with Gasteiger partial charge in [-0.15, -0.1) is 11.3 Å². The van der Waals surface area contributed by atoms with E-state index in [0.717, 1.165) is 37.9 Å². The number of carbonyl (C=O) groups excluding carboxylic acids is 2. The number of thiazole rings is 1. The van der Waals surface area contributed by atoms with Crippen LogP contribution in [0.25, 0.3) is 0 Å². The normalized spacial score (nSPS) is 25.4. The first kappa shape index (κ1) is 15.1. The Labute approximate surface area is 140 Å². The van der Waals surface area contributed by atoms with E-state index in [1.54, 1.807) is 16.2 Å². The molecule has 1 aromatic heterocycles. The predicted octanol–water partition coefficient (Wildman–Crippen LogP) is 2.60. The smallest absolute Gasteiger partial charge is 0.243 e. The molecule has 2 saturated carbocycles. The van der Waals surface area contributed by atoms with Crippen molar-refractivity contribution in [3.63, 3.8) is 0 Å². The van der Waals surface area contributed by atoms with Crippen LogP contribution in [0.3, 0.4) is 0 Å².